The molecule has 0 radical (unpaired) electrons. The molecule has 0 N–H and O–H groups in total. The maximum atomic E-state index is 2.62. The second-order valence-electron chi connectivity index (χ2n) is 21.1. The zero-order chi connectivity index (χ0) is 53.7. The van der Waals surface area contributed by atoms with Crippen LogP contribution < -0.4 is 20.7 Å². The Hall–Kier alpha value is -10.3. The minimum absolute atomic E-state index is 1.11. The van der Waals surface area contributed by atoms with Gasteiger partial charge in [-0.05, 0) is 114 Å². The number of hydrogen-bond donors (Lipinski definition) is 0. The van der Waals surface area contributed by atoms with Crippen molar-refractivity contribution in [2.75, 3.05) is 0 Å². The molecule has 3 heteroatoms. The molecule has 0 bridgehead atoms. The minimum atomic E-state index is -3.15. The Labute approximate surface area is 473 Å². The monoisotopic (exact) mass is 1050 g/mol. The molecule has 2 heterocycles. The predicted molar refractivity (Wildman–Crippen MR) is 346 cm³/mol. The SMILES string of the molecule is c1ccc(-c2cccc(-c3cccc(-c4cccc(-c5ccccc5)c4)c3-n3c4ccc(-n5c6ccccc6c6ccc(-c7ccccc7)cc65)cc4c4c([Si](c5ccccc5)(c5ccccc5)c5ccccc5)cccc43)c2)cc1. The minimum Gasteiger partial charge on any atom is -0.309 e. The topological polar surface area (TPSA) is 9.86 Å². The third-order valence-electron chi connectivity index (χ3n) is 16.7. The quantitative estimate of drug-likeness (QED) is 0.0902. The number of aromatic nitrogens is 2. The Morgan fingerprint density at radius 3 is 1.17 bits per heavy atom. The maximum Gasteiger partial charge on any atom is 0.180 e. The fourth-order valence-corrected chi connectivity index (χ4v) is 18.1. The van der Waals surface area contributed by atoms with Crippen molar-refractivity contribution < 1.29 is 0 Å². The van der Waals surface area contributed by atoms with Crippen molar-refractivity contribution in [3.63, 3.8) is 0 Å². The van der Waals surface area contributed by atoms with E-state index in [1.54, 1.807) is 0 Å². The maximum absolute atomic E-state index is 3.15. The van der Waals surface area contributed by atoms with Crippen LogP contribution in [0.3, 0.4) is 0 Å². The molecule has 15 rings (SSSR count). The molecule has 0 fully saturated rings. The Bertz CT molecular complexity index is 4580. The highest BCUT2D eigenvalue weighted by molar-refractivity contribution is 7.20. The Kier molecular flexibility index (Phi) is 11.9. The Balaban J connectivity index is 1.10. The molecule has 0 saturated heterocycles. The first-order valence-electron chi connectivity index (χ1n) is 28.0. The summed E-state index contributed by atoms with van der Waals surface area (Å²) < 4.78 is 5.12. The largest absolute Gasteiger partial charge is 0.309 e. The summed E-state index contributed by atoms with van der Waals surface area (Å²) >= 11 is 0. The van der Waals surface area contributed by atoms with E-state index in [0.29, 0.717) is 0 Å². The van der Waals surface area contributed by atoms with Gasteiger partial charge < -0.3 is 9.13 Å². The van der Waals surface area contributed by atoms with Crippen LogP contribution in [-0.4, -0.2) is 17.2 Å². The molecule has 0 amide bonds. The number of benzene rings is 13. The molecule has 380 valence electrons. The van der Waals surface area contributed by atoms with Crippen LogP contribution in [-0.2, 0) is 0 Å². The van der Waals surface area contributed by atoms with E-state index in [9.17, 15) is 0 Å². The lowest BCUT2D eigenvalue weighted by molar-refractivity contribution is 1.17. The number of fused-ring (bicyclic) bond motifs is 6. The third kappa shape index (κ3) is 8.08. The zero-order valence-corrected chi connectivity index (χ0v) is 45.6. The van der Waals surface area contributed by atoms with Gasteiger partial charge in [0.05, 0.1) is 27.8 Å². The van der Waals surface area contributed by atoms with Gasteiger partial charge in [-0.15, -0.1) is 0 Å². The van der Waals surface area contributed by atoms with Crippen LogP contribution in [0.5, 0.6) is 0 Å². The first-order chi connectivity index (χ1) is 40.2. The second-order valence-corrected chi connectivity index (χ2v) is 24.9. The van der Waals surface area contributed by atoms with Crippen molar-refractivity contribution in [2.45, 2.75) is 0 Å². The molecule has 0 aliphatic carbocycles. The van der Waals surface area contributed by atoms with E-state index in [2.05, 4.69) is 337 Å². The molecule has 81 heavy (non-hydrogen) atoms. The smallest absolute Gasteiger partial charge is 0.180 e. The summed E-state index contributed by atoms with van der Waals surface area (Å²) in [5.74, 6) is 0. The lowest BCUT2D eigenvalue weighted by Crippen LogP contribution is -2.74. The molecule has 13 aromatic carbocycles. The molecule has 2 nitrogen and oxygen atoms in total. The normalized spacial score (nSPS) is 11.7. The van der Waals surface area contributed by atoms with Gasteiger partial charge in [-0.2, -0.15) is 0 Å². The van der Waals surface area contributed by atoms with Crippen molar-refractivity contribution in [1.29, 1.82) is 0 Å². The van der Waals surface area contributed by atoms with Gasteiger partial charge in [0.25, 0.3) is 0 Å². The van der Waals surface area contributed by atoms with E-state index >= 15 is 0 Å². The molecular formula is C78H54N2Si. The van der Waals surface area contributed by atoms with Gasteiger partial charge >= 0.3 is 0 Å². The van der Waals surface area contributed by atoms with Crippen LogP contribution in [0.1, 0.15) is 0 Å². The van der Waals surface area contributed by atoms with E-state index in [1.165, 1.54) is 86.7 Å². The number of nitrogens with zero attached hydrogens (tertiary/aromatic N) is 2. The van der Waals surface area contributed by atoms with Gasteiger partial charge in [-0.25, -0.2) is 0 Å². The molecule has 0 spiro atoms. The molecule has 0 unspecified atom stereocenters. The Morgan fingerprint density at radius 2 is 0.630 bits per heavy atom. The van der Waals surface area contributed by atoms with Crippen molar-refractivity contribution in [2.24, 2.45) is 0 Å². The second kappa shape index (κ2) is 20.2. The Morgan fingerprint density at radius 1 is 0.222 bits per heavy atom. The van der Waals surface area contributed by atoms with Gasteiger partial charge in [0.2, 0.25) is 0 Å². The van der Waals surface area contributed by atoms with Crippen molar-refractivity contribution >= 4 is 72.4 Å². The lowest BCUT2D eigenvalue weighted by Gasteiger charge is -2.35. The van der Waals surface area contributed by atoms with Crippen molar-refractivity contribution in [3.8, 4) is 67.0 Å². The fraction of sp³-hybridized carbons (Fsp3) is 0. The van der Waals surface area contributed by atoms with Gasteiger partial charge in [-0.3, -0.25) is 0 Å². The first kappa shape index (κ1) is 47.9. The van der Waals surface area contributed by atoms with Gasteiger partial charge in [0.1, 0.15) is 0 Å². The summed E-state index contributed by atoms with van der Waals surface area (Å²) in [6, 6.07) is 122. The third-order valence-corrected chi connectivity index (χ3v) is 21.5. The van der Waals surface area contributed by atoms with Gasteiger partial charge in [0, 0.05) is 38.4 Å². The van der Waals surface area contributed by atoms with Gasteiger partial charge in [0.15, 0.2) is 8.07 Å². The predicted octanol–water partition coefficient (Wildman–Crippen LogP) is 17.6. The van der Waals surface area contributed by atoms with E-state index in [4.69, 9.17) is 0 Å². The zero-order valence-electron chi connectivity index (χ0n) is 44.6. The van der Waals surface area contributed by atoms with Crippen molar-refractivity contribution in [1.82, 2.24) is 9.13 Å². The number of para-hydroxylation sites is 2. The molecule has 0 aliphatic rings. The van der Waals surface area contributed by atoms with E-state index in [-0.39, 0.29) is 0 Å². The van der Waals surface area contributed by atoms with Crippen molar-refractivity contribution in [3.05, 3.63) is 328 Å². The summed E-state index contributed by atoms with van der Waals surface area (Å²) in [5, 5.41) is 10.2. The standard InChI is InChI=1S/C78H54N2Si/c1-7-25-55(26-8-1)58-31-21-33-61(51-58)67-42-23-43-68(62-34-22-32-59(52-62)56-27-9-2-10-28-56)78(67)80-73-50-48-63(79-72-44-20-19-41-69(72)70-49-47-60(53-75(70)79)57-29-11-3-12-30-57)54-71(73)77-74(80)45-24-46-76(77)81(64-35-13-4-14-36-64,65-37-15-5-16-38-65)66-39-17-6-18-40-66/h1-54H. The number of rotatable bonds is 11. The van der Waals surface area contributed by atoms with Gasteiger partial charge in [-0.1, -0.05) is 279 Å². The van der Waals surface area contributed by atoms with Crippen LogP contribution in [0.2, 0.25) is 0 Å². The highest BCUT2D eigenvalue weighted by Gasteiger charge is 2.43. The summed E-state index contributed by atoms with van der Waals surface area (Å²) in [6.07, 6.45) is 0. The summed E-state index contributed by atoms with van der Waals surface area (Å²) in [7, 11) is -3.15. The molecule has 0 atom stereocenters. The first-order valence-corrected chi connectivity index (χ1v) is 30.0. The van der Waals surface area contributed by atoms with E-state index in [1.807, 2.05) is 0 Å². The fourth-order valence-electron chi connectivity index (χ4n) is 13.1. The van der Waals surface area contributed by atoms with E-state index < -0.39 is 8.07 Å². The van der Waals surface area contributed by atoms with Crippen LogP contribution in [0, 0.1) is 0 Å². The average Bonchev–Trinajstić information content (AvgIpc) is 4.30. The average molecular weight is 1050 g/mol. The van der Waals surface area contributed by atoms with Crippen LogP contribution >= 0.6 is 0 Å². The summed E-state index contributed by atoms with van der Waals surface area (Å²) in [5.41, 5.74) is 18.6. The summed E-state index contributed by atoms with van der Waals surface area (Å²) in [4.78, 5) is 0. The van der Waals surface area contributed by atoms with Crippen LogP contribution in [0.15, 0.2) is 328 Å². The highest BCUT2D eigenvalue weighted by Crippen LogP contribution is 2.44. The molecule has 0 saturated carbocycles. The van der Waals surface area contributed by atoms with Crippen LogP contribution in [0.4, 0.5) is 0 Å². The molecule has 0 aliphatic heterocycles. The molecule has 15 aromatic rings. The van der Waals surface area contributed by atoms with E-state index in [0.717, 1.165) is 44.7 Å². The van der Waals surface area contributed by atoms with Crippen LogP contribution in [0.25, 0.3) is 111 Å². The summed E-state index contributed by atoms with van der Waals surface area (Å²) in [6.45, 7) is 0. The number of hydrogen-bond acceptors (Lipinski definition) is 0. The molecular weight excluding hydrogens is 993 g/mol. The molecule has 2 aromatic heterocycles. The highest BCUT2D eigenvalue weighted by atomic mass is 28.3. The lowest BCUT2D eigenvalue weighted by atomic mass is 9.92.